The van der Waals surface area contributed by atoms with Crippen LogP contribution in [0.1, 0.15) is 35.1 Å². The lowest BCUT2D eigenvalue weighted by Gasteiger charge is -2.34. The van der Waals surface area contributed by atoms with Crippen molar-refractivity contribution in [3.63, 3.8) is 0 Å². The summed E-state index contributed by atoms with van der Waals surface area (Å²) in [5, 5.41) is 23.9. The summed E-state index contributed by atoms with van der Waals surface area (Å²) in [6, 6.07) is 14.8. The van der Waals surface area contributed by atoms with Crippen LogP contribution in [0, 0.1) is 20.2 Å². The second kappa shape index (κ2) is 15.7. The maximum atomic E-state index is 14.1. The molecule has 0 aliphatic heterocycles. The van der Waals surface area contributed by atoms with Crippen molar-refractivity contribution in [2.45, 2.75) is 66.1 Å². The van der Waals surface area contributed by atoms with Crippen molar-refractivity contribution in [3.8, 4) is 22.6 Å². The van der Waals surface area contributed by atoms with Crippen LogP contribution in [0.2, 0.25) is 0 Å². The second-order valence-electron chi connectivity index (χ2n) is 13.7. The molecule has 8 nitrogen and oxygen atoms in total. The molecule has 0 unspecified atom stereocenters. The largest absolute Gasteiger partial charge is 0.493 e. The summed E-state index contributed by atoms with van der Waals surface area (Å²) in [6.07, 6.45) is -18.9. The number of non-ortho nitro benzene ring substituents is 2. The fraction of sp³-hybridized carbons (Fsp3) is 0.351. The summed E-state index contributed by atoms with van der Waals surface area (Å²) in [5.41, 5.74) is -2.75. The maximum Gasteiger partial charge on any atom is 0.460 e. The van der Waals surface area contributed by atoms with Gasteiger partial charge >= 0.3 is 47.9 Å². The van der Waals surface area contributed by atoms with E-state index in [-0.39, 0.29) is 33.4 Å². The van der Waals surface area contributed by atoms with E-state index < -0.39 is 112 Å². The molecular formula is C37H22F18N2O6. The highest BCUT2D eigenvalue weighted by atomic mass is 19.4. The van der Waals surface area contributed by atoms with E-state index in [9.17, 15) is 99.3 Å². The van der Waals surface area contributed by atoms with Gasteiger partial charge in [-0.3, -0.25) is 20.2 Å². The quantitative estimate of drug-likeness (QED) is 0.0554. The Morgan fingerprint density at radius 3 is 1.02 bits per heavy atom. The van der Waals surface area contributed by atoms with Crippen LogP contribution in [0.3, 0.4) is 0 Å². The van der Waals surface area contributed by atoms with Gasteiger partial charge in [0.2, 0.25) is 0 Å². The molecule has 4 aromatic rings. The molecule has 0 N–H and O–H groups in total. The molecule has 0 amide bonds. The van der Waals surface area contributed by atoms with Crippen molar-refractivity contribution in [1.82, 2.24) is 0 Å². The van der Waals surface area contributed by atoms with Crippen molar-refractivity contribution in [1.29, 1.82) is 0 Å². The topological polar surface area (TPSA) is 105 Å². The van der Waals surface area contributed by atoms with E-state index >= 15 is 0 Å². The van der Waals surface area contributed by atoms with Crippen LogP contribution in [0.15, 0.2) is 84.9 Å². The lowest BCUT2D eigenvalue weighted by atomic mass is 9.67. The molecule has 4 aromatic carbocycles. The van der Waals surface area contributed by atoms with Crippen molar-refractivity contribution >= 4 is 11.4 Å². The number of halogens is 18. The summed E-state index contributed by atoms with van der Waals surface area (Å²) in [7, 11) is 0. The number of hydrogen-bond donors (Lipinski definition) is 0. The molecule has 342 valence electrons. The molecule has 1 aliphatic carbocycles. The zero-order chi connectivity index (χ0) is 47.6. The smallest absolute Gasteiger partial charge is 0.460 e. The molecule has 0 heterocycles. The molecule has 26 heteroatoms. The van der Waals surface area contributed by atoms with Gasteiger partial charge in [-0.25, -0.2) is 0 Å². The van der Waals surface area contributed by atoms with E-state index in [1.54, 1.807) is 0 Å². The molecule has 0 radical (unpaired) electrons. The third kappa shape index (κ3) is 7.88. The predicted molar refractivity (Wildman–Crippen MR) is 179 cm³/mol. The Morgan fingerprint density at radius 2 is 0.746 bits per heavy atom. The minimum Gasteiger partial charge on any atom is -0.493 e. The van der Waals surface area contributed by atoms with E-state index in [1.807, 2.05) is 0 Å². The number of alkyl halides is 18. The molecule has 0 saturated heterocycles. The maximum absolute atomic E-state index is 14.1. The first-order chi connectivity index (χ1) is 28.7. The average molecular weight is 933 g/mol. The molecule has 63 heavy (non-hydrogen) atoms. The number of rotatable bonds is 16. The minimum atomic E-state index is -7.16. The van der Waals surface area contributed by atoms with Crippen molar-refractivity contribution in [2.24, 2.45) is 0 Å². The normalized spacial score (nSPS) is 14.8. The zero-order valence-electron chi connectivity index (χ0n) is 30.6. The van der Waals surface area contributed by atoms with Crippen LogP contribution in [0.4, 0.5) is 90.4 Å². The third-order valence-electron chi connectivity index (χ3n) is 9.89. The van der Waals surface area contributed by atoms with Crippen molar-refractivity contribution < 1.29 is 98.3 Å². The minimum absolute atomic E-state index is 0.00512. The summed E-state index contributed by atoms with van der Waals surface area (Å²) >= 11 is 0. The Labute approximate surface area is 339 Å². The van der Waals surface area contributed by atoms with E-state index in [1.165, 1.54) is 12.1 Å². The number of ether oxygens (including phenoxy) is 2. The van der Waals surface area contributed by atoms with Crippen molar-refractivity contribution in [3.05, 3.63) is 127 Å². The molecule has 0 atom stereocenters. The SMILES string of the molecule is O=[N+]([O-])c1ccc2c(c1)C(c1ccc(OCCC(F)(F)C(F)(F)C(F)(F)C(F)(F)F)cc1)(c1ccc(OCCC(F)(F)C(F)(F)C(F)(F)C(F)(F)F)cc1)c1cc([N+](=O)[O-])ccc1-2. The van der Waals surface area contributed by atoms with Crippen molar-refractivity contribution in [2.75, 3.05) is 13.2 Å². The Balaban J connectivity index is 1.55. The number of nitro benzene ring substituents is 2. The summed E-state index contributed by atoms with van der Waals surface area (Å²) in [5.74, 6) is -41.2. The molecule has 0 fully saturated rings. The Hall–Kier alpha value is -5.98. The Morgan fingerprint density at radius 1 is 0.444 bits per heavy atom. The first-order valence-electron chi connectivity index (χ1n) is 17.1. The summed E-state index contributed by atoms with van der Waals surface area (Å²) in [6.45, 7) is -3.16. The van der Waals surface area contributed by atoms with E-state index in [0.29, 0.717) is 0 Å². The monoisotopic (exact) mass is 932 g/mol. The molecule has 0 saturated carbocycles. The van der Waals surface area contributed by atoms with Gasteiger partial charge in [-0.05, 0) is 69.8 Å². The Bertz CT molecular complexity index is 2200. The van der Waals surface area contributed by atoms with Crippen LogP contribution >= 0.6 is 0 Å². The van der Waals surface area contributed by atoms with Crippen LogP contribution in [0.25, 0.3) is 11.1 Å². The van der Waals surface area contributed by atoms with E-state index in [2.05, 4.69) is 0 Å². The van der Waals surface area contributed by atoms with Crippen LogP contribution < -0.4 is 9.47 Å². The standard InChI is InChI=1S/C37H22F18N2O6/c38-29(39,32(42,43)34(46,47)36(50,51)52)13-15-62-23-7-1-19(2-8-23)31(27-17-21(56(58)59)5-11-25(27)26-12-6-22(57(60)61)18-28(26)31)20-3-9-24(10-4-20)63-16-14-30(40,41)33(44,45)35(48,49)37(53,54)55/h1-12,17-18H,13-16H2. The van der Waals surface area contributed by atoms with Gasteiger partial charge in [-0.1, -0.05) is 24.3 Å². The van der Waals surface area contributed by atoms with Gasteiger partial charge in [-0.2, -0.15) is 79.0 Å². The number of benzene rings is 4. The molecular weight excluding hydrogens is 910 g/mol. The van der Waals surface area contributed by atoms with Gasteiger partial charge in [0.15, 0.2) is 0 Å². The van der Waals surface area contributed by atoms with Gasteiger partial charge < -0.3 is 9.47 Å². The number of hydrogen-bond acceptors (Lipinski definition) is 6. The van der Waals surface area contributed by atoms with Crippen LogP contribution in [-0.4, -0.2) is 70.9 Å². The first kappa shape index (κ1) is 48.1. The number of nitro groups is 2. The number of fused-ring (bicyclic) bond motifs is 3. The first-order valence-corrected chi connectivity index (χ1v) is 17.1. The van der Waals surface area contributed by atoms with Gasteiger partial charge in [0.25, 0.3) is 11.4 Å². The fourth-order valence-corrected chi connectivity index (χ4v) is 6.64. The zero-order valence-corrected chi connectivity index (χ0v) is 30.6. The lowest BCUT2D eigenvalue weighted by molar-refractivity contribution is -0.397. The molecule has 1 aliphatic rings. The van der Waals surface area contributed by atoms with Crippen LogP contribution in [-0.2, 0) is 5.41 Å². The van der Waals surface area contributed by atoms with E-state index in [0.717, 1.165) is 72.8 Å². The predicted octanol–water partition coefficient (Wildman–Crippen LogP) is 12.3. The van der Waals surface area contributed by atoms with Gasteiger partial charge in [0.05, 0.1) is 41.3 Å². The van der Waals surface area contributed by atoms with Gasteiger partial charge in [0, 0.05) is 24.3 Å². The van der Waals surface area contributed by atoms with Gasteiger partial charge in [-0.15, -0.1) is 0 Å². The molecule has 5 rings (SSSR count). The summed E-state index contributed by atoms with van der Waals surface area (Å²) in [4.78, 5) is 22.2. The van der Waals surface area contributed by atoms with E-state index in [4.69, 9.17) is 9.47 Å². The fourth-order valence-electron chi connectivity index (χ4n) is 6.64. The molecule has 0 bridgehead atoms. The Kier molecular flexibility index (Phi) is 12.0. The second-order valence-corrected chi connectivity index (χ2v) is 13.7. The average Bonchev–Trinajstić information content (AvgIpc) is 3.46. The summed E-state index contributed by atoms with van der Waals surface area (Å²) < 4.78 is 250. The van der Waals surface area contributed by atoms with Crippen LogP contribution in [0.5, 0.6) is 11.5 Å². The number of nitrogens with zero attached hydrogens (tertiary/aromatic N) is 2. The molecule has 0 spiro atoms. The highest BCUT2D eigenvalue weighted by Gasteiger charge is 2.82. The van der Waals surface area contributed by atoms with Gasteiger partial charge in [0.1, 0.15) is 11.5 Å². The third-order valence-corrected chi connectivity index (χ3v) is 9.89. The highest BCUT2D eigenvalue weighted by Crippen LogP contribution is 2.59. The molecule has 0 aromatic heterocycles. The highest BCUT2D eigenvalue weighted by molar-refractivity contribution is 5.88. The lowest BCUT2D eigenvalue weighted by Crippen LogP contribution is -2.61.